The van der Waals surface area contributed by atoms with Crippen molar-refractivity contribution in [3.8, 4) is 0 Å². The van der Waals surface area contributed by atoms with Crippen LogP contribution in [0.4, 0.5) is 14.5 Å². The van der Waals surface area contributed by atoms with E-state index < -0.39 is 21.7 Å². The van der Waals surface area contributed by atoms with E-state index in [2.05, 4.69) is 20.7 Å². The van der Waals surface area contributed by atoms with Crippen LogP contribution in [0.25, 0.3) is 0 Å². The van der Waals surface area contributed by atoms with Crippen LogP contribution in [-0.2, 0) is 10.0 Å². The largest absolute Gasteiger partial charge is 0.277 e. The number of nitrogens with one attached hydrogen (secondary N) is 1. The van der Waals surface area contributed by atoms with Crippen LogP contribution in [0, 0.1) is 18.6 Å². The summed E-state index contributed by atoms with van der Waals surface area (Å²) in [6, 6.07) is 7.71. The standard InChI is InChI=1S/C13H10BrF2NO2S/c1-8-3-2-4-12(13(8)16)17-20(18,19)9-5-6-10(14)11(15)7-9/h2-7,17H,1H3. The van der Waals surface area contributed by atoms with Gasteiger partial charge in [0.1, 0.15) is 11.6 Å². The Hall–Kier alpha value is -1.47. The van der Waals surface area contributed by atoms with Gasteiger partial charge < -0.3 is 0 Å². The molecule has 0 atom stereocenters. The first-order valence-corrected chi connectivity index (χ1v) is 7.82. The molecule has 0 heterocycles. The molecule has 0 unspecified atom stereocenters. The van der Waals surface area contributed by atoms with E-state index in [4.69, 9.17) is 0 Å². The fraction of sp³-hybridized carbons (Fsp3) is 0.0769. The van der Waals surface area contributed by atoms with Crippen LogP contribution in [0.2, 0.25) is 0 Å². The van der Waals surface area contributed by atoms with E-state index in [-0.39, 0.29) is 15.1 Å². The minimum absolute atomic E-state index is 0.151. The van der Waals surface area contributed by atoms with Gasteiger partial charge in [-0.15, -0.1) is 0 Å². The van der Waals surface area contributed by atoms with Crippen molar-refractivity contribution in [2.75, 3.05) is 4.72 Å². The van der Waals surface area contributed by atoms with Gasteiger partial charge in [0, 0.05) is 0 Å². The van der Waals surface area contributed by atoms with Gasteiger partial charge in [-0.05, 0) is 52.7 Å². The second-order valence-electron chi connectivity index (χ2n) is 4.12. The van der Waals surface area contributed by atoms with E-state index in [1.54, 1.807) is 0 Å². The Morgan fingerprint density at radius 3 is 2.50 bits per heavy atom. The molecule has 0 fully saturated rings. The van der Waals surface area contributed by atoms with Crippen LogP contribution in [-0.4, -0.2) is 8.42 Å². The van der Waals surface area contributed by atoms with Gasteiger partial charge in [-0.2, -0.15) is 0 Å². The zero-order valence-corrected chi connectivity index (χ0v) is 12.7. The van der Waals surface area contributed by atoms with Crippen LogP contribution in [0.1, 0.15) is 5.56 Å². The Kier molecular flexibility index (Phi) is 4.10. The van der Waals surface area contributed by atoms with Crippen molar-refractivity contribution in [3.05, 3.63) is 58.1 Å². The molecular weight excluding hydrogens is 352 g/mol. The quantitative estimate of drug-likeness (QED) is 0.902. The first kappa shape index (κ1) is 14.9. The summed E-state index contributed by atoms with van der Waals surface area (Å²) in [5, 5.41) is 0. The Bertz CT molecular complexity index is 763. The highest BCUT2D eigenvalue weighted by atomic mass is 79.9. The Morgan fingerprint density at radius 2 is 1.85 bits per heavy atom. The molecule has 3 nitrogen and oxygen atoms in total. The van der Waals surface area contributed by atoms with Crippen LogP contribution in [0.5, 0.6) is 0 Å². The predicted octanol–water partition coefficient (Wildman–Crippen LogP) is 3.84. The first-order valence-electron chi connectivity index (χ1n) is 5.54. The summed E-state index contributed by atoms with van der Waals surface area (Å²) >= 11 is 2.93. The molecule has 0 aliphatic carbocycles. The predicted molar refractivity (Wildman–Crippen MR) is 76.0 cm³/mol. The summed E-state index contributed by atoms with van der Waals surface area (Å²) in [7, 11) is -4.04. The lowest BCUT2D eigenvalue weighted by Crippen LogP contribution is -2.14. The third-order valence-corrected chi connectivity index (χ3v) is 4.64. The minimum Gasteiger partial charge on any atom is -0.277 e. The van der Waals surface area contributed by atoms with Gasteiger partial charge in [0.2, 0.25) is 0 Å². The number of anilines is 1. The molecule has 0 aliphatic rings. The molecule has 0 aromatic heterocycles. The number of benzene rings is 2. The van der Waals surface area contributed by atoms with Gasteiger partial charge in [0.05, 0.1) is 15.1 Å². The molecule has 106 valence electrons. The molecule has 20 heavy (non-hydrogen) atoms. The van der Waals surface area contributed by atoms with E-state index in [1.165, 1.54) is 37.3 Å². The van der Waals surface area contributed by atoms with Crippen LogP contribution in [0.3, 0.4) is 0 Å². The summed E-state index contributed by atoms with van der Waals surface area (Å²) < 4.78 is 53.6. The number of halogens is 3. The lowest BCUT2D eigenvalue weighted by molar-refractivity contribution is 0.591. The maximum Gasteiger partial charge on any atom is 0.262 e. The second-order valence-corrected chi connectivity index (χ2v) is 6.65. The Morgan fingerprint density at radius 1 is 1.15 bits per heavy atom. The normalized spacial score (nSPS) is 11.4. The molecule has 7 heteroatoms. The highest BCUT2D eigenvalue weighted by molar-refractivity contribution is 9.10. The van der Waals surface area contributed by atoms with Crippen LogP contribution < -0.4 is 4.72 Å². The van der Waals surface area contributed by atoms with Crippen molar-refractivity contribution in [3.63, 3.8) is 0 Å². The summed E-state index contributed by atoms with van der Waals surface area (Å²) in [6.45, 7) is 1.52. The molecule has 0 amide bonds. The van der Waals surface area contributed by atoms with Crippen molar-refractivity contribution in [1.82, 2.24) is 0 Å². The molecule has 0 spiro atoms. The molecule has 0 aliphatic heterocycles. The highest BCUT2D eigenvalue weighted by Crippen LogP contribution is 2.23. The third kappa shape index (κ3) is 2.99. The monoisotopic (exact) mass is 361 g/mol. The van der Waals surface area contributed by atoms with Crippen molar-refractivity contribution in [2.45, 2.75) is 11.8 Å². The van der Waals surface area contributed by atoms with Crippen molar-refractivity contribution in [1.29, 1.82) is 0 Å². The third-order valence-electron chi connectivity index (χ3n) is 2.64. The number of hydrogen-bond donors (Lipinski definition) is 1. The molecule has 2 aromatic rings. The Balaban J connectivity index is 2.41. The molecule has 1 N–H and O–H groups in total. The minimum atomic E-state index is -4.04. The molecule has 2 aromatic carbocycles. The zero-order valence-electron chi connectivity index (χ0n) is 10.3. The zero-order chi connectivity index (χ0) is 14.9. The van der Waals surface area contributed by atoms with E-state index in [0.29, 0.717) is 5.56 Å². The van der Waals surface area contributed by atoms with Gasteiger partial charge in [-0.1, -0.05) is 12.1 Å². The summed E-state index contributed by atoms with van der Waals surface area (Å²) in [6.07, 6.45) is 0. The molecule has 0 saturated carbocycles. The van der Waals surface area contributed by atoms with Gasteiger partial charge in [0.15, 0.2) is 0 Å². The van der Waals surface area contributed by atoms with E-state index >= 15 is 0 Å². The summed E-state index contributed by atoms with van der Waals surface area (Å²) in [5.74, 6) is -1.37. The van der Waals surface area contributed by atoms with Gasteiger partial charge in [-0.3, -0.25) is 4.72 Å². The number of hydrogen-bond acceptors (Lipinski definition) is 2. The van der Waals surface area contributed by atoms with Crippen molar-refractivity contribution in [2.24, 2.45) is 0 Å². The van der Waals surface area contributed by atoms with Crippen molar-refractivity contribution >= 4 is 31.6 Å². The molecule has 0 radical (unpaired) electrons. The van der Waals surface area contributed by atoms with Crippen molar-refractivity contribution < 1.29 is 17.2 Å². The smallest absolute Gasteiger partial charge is 0.262 e. The molecule has 0 bridgehead atoms. The average Bonchev–Trinajstić information content (AvgIpc) is 2.38. The lowest BCUT2D eigenvalue weighted by Gasteiger charge is -2.10. The number of sulfonamides is 1. The van der Waals surface area contributed by atoms with E-state index in [1.807, 2.05) is 0 Å². The van der Waals surface area contributed by atoms with E-state index in [0.717, 1.165) is 6.07 Å². The van der Waals surface area contributed by atoms with Crippen LogP contribution >= 0.6 is 15.9 Å². The lowest BCUT2D eigenvalue weighted by atomic mass is 10.2. The SMILES string of the molecule is Cc1cccc(NS(=O)(=O)c2ccc(Br)c(F)c2)c1F. The first-order chi connectivity index (χ1) is 9.31. The fourth-order valence-electron chi connectivity index (χ4n) is 1.57. The summed E-state index contributed by atoms with van der Waals surface area (Å²) in [4.78, 5) is -0.279. The van der Waals surface area contributed by atoms with Gasteiger partial charge >= 0.3 is 0 Å². The maximum absolute atomic E-state index is 13.8. The topological polar surface area (TPSA) is 46.2 Å². The second kappa shape index (κ2) is 5.49. The van der Waals surface area contributed by atoms with E-state index in [9.17, 15) is 17.2 Å². The number of aryl methyl sites for hydroxylation is 1. The molecule has 2 rings (SSSR count). The summed E-state index contributed by atoms with van der Waals surface area (Å²) in [5.41, 5.74) is 0.139. The highest BCUT2D eigenvalue weighted by Gasteiger charge is 2.18. The van der Waals surface area contributed by atoms with Gasteiger partial charge in [0.25, 0.3) is 10.0 Å². The molecule has 0 saturated heterocycles. The molecular formula is C13H10BrF2NO2S. The van der Waals surface area contributed by atoms with Gasteiger partial charge in [-0.25, -0.2) is 17.2 Å². The number of rotatable bonds is 3. The average molecular weight is 362 g/mol. The fourth-order valence-corrected chi connectivity index (χ4v) is 2.89. The maximum atomic E-state index is 13.8. The Labute approximate surface area is 123 Å². The van der Waals surface area contributed by atoms with Crippen LogP contribution in [0.15, 0.2) is 45.8 Å².